The van der Waals surface area contributed by atoms with Gasteiger partial charge in [0.05, 0.1) is 48.4 Å². The number of hydrogen-bond donors (Lipinski definition) is 10. The van der Waals surface area contributed by atoms with Crippen molar-refractivity contribution in [2.24, 2.45) is 28.7 Å². The van der Waals surface area contributed by atoms with Crippen LogP contribution in [0, 0.1) is 0 Å². The lowest BCUT2D eigenvalue weighted by Crippen LogP contribution is -2.68. The number of halogens is 1. The van der Waals surface area contributed by atoms with Crippen molar-refractivity contribution >= 4 is 17.5 Å². The third-order valence-corrected chi connectivity index (χ3v) is 7.82. The zero-order valence-electron chi connectivity index (χ0n) is 21.1. The number of aliphatic hydroxyl groups excluding tert-OH is 4. The van der Waals surface area contributed by atoms with E-state index in [9.17, 15) is 25.2 Å². The quantitative estimate of drug-likeness (QED) is 0.110. The van der Waals surface area contributed by atoms with Crippen molar-refractivity contribution in [1.29, 1.82) is 0 Å². The van der Waals surface area contributed by atoms with E-state index in [1.807, 2.05) is 0 Å². The van der Waals surface area contributed by atoms with Crippen LogP contribution in [0.25, 0.3) is 0 Å². The minimum atomic E-state index is -1.49. The molecule has 16 heteroatoms. The summed E-state index contributed by atoms with van der Waals surface area (Å²) in [5.41, 5.74) is 29.7. The summed E-state index contributed by atoms with van der Waals surface area (Å²) < 4.78 is 23.6. The number of aliphatic hydroxyl groups is 4. The van der Waals surface area contributed by atoms with Gasteiger partial charge in [-0.1, -0.05) is 0 Å². The van der Waals surface area contributed by atoms with Crippen LogP contribution >= 0.6 is 11.6 Å². The van der Waals surface area contributed by atoms with E-state index in [1.165, 1.54) is 0 Å². The highest BCUT2D eigenvalue weighted by atomic mass is 35.5. The Morgan fingerprint density at radius 1 is 1.03 bits per heavy atom. The molecular weight excluding hydrogens is 528 g/mol. The van der Waals surface area contributed by atoms with Gasteiger partial charge in [0.25, 0.3) is 0 Å². The van der Waals surface area contributed by atoms with E-state index in [4.69, 9.17) is 59.2 Å². The molecule has 38 heavy (non-hydrogen) atoms. The van der Waals surface area contributed by atoms with Crippen LogP contribution < -0.4 is 34.0 Å². The molecule has 15 nitrogen and oxygen atoms in total. The van der Waals surface area contributed by atoms with Crippen LogP contribution in [-0.4, -0.2) is 131 Å². The highest BCUT2D eigenvalue weighted by Gasteiger charge is 2.51. The predicted molar refractivity (Wildman–Crippen MR) is 134 cm³/mol. The van der Waals surface area contributed by atoms with Crippen LogP contribution in [0.4, 0.5) is 0 Å². The van der Waals surface area contributed by atoms with Crippen molar-refractivity contribution in [2.75, 3.05) is 19.7 Å². The summed E-state index contributed by atoms with van der Waals surface area (Å²) in [4.78, 5) is 12.6. The second kappa shape index (κ2) is 14.2. The fourth-order valence-corrected chi connectivity index (χ4v) is 5.46. The molecule has 222 valence electrons. The number of amides is 1. The Labute approximate surface area is 226 Å². The summed E-state index contributed by atoms with van der Waals surface area (Å²) in [5.74, 6) is -0.710. The average Bonchev–Trinajstić information content (AvgIpc) is 2.89. The van der Waals surface area contributed by atoms with Crippen molar-refractivity contribution in [3.05, 3.63) is 0 Å². The number of carbonyl (C=O) groups excluding carboxylic acids is 1. The zero-order valence-corrected chi connectivity index (χ0v) is 21.9. The number of nitrogens with one attached hydrogen (secondary N) is 1. The van der Waals surface area contributed by atoms with Crippen LogP contribution in [0.1, 0.15) is 25.7 Å². The van der Waals surface area contributed by atoms with Gasteiger partial charge in [0.2, 0.25) is 5.91 Å². The number of nitrogens with two attached hydrogens (primary N) is 5. The normalized spacial score (nSPS) is 44.9. The lowest BCUT2D eigenvalue weighted by Gasteiger charge is -2.48. The summed E-state index contributed by atoms with van der Waals surface area (Å²) in [6.45, 7) is -0.214. The molecule has 3 aliphatic rings. The number of ether oxygens (including phenoxy) is 4. The molecule has 0 aromatic rings. The molecule has 6 unspecified atom stereocenters. The van der Waals surface area contributed by atoms with Crippen LogP contribution in [0.3, 0.4) is 0 Å². The van der Waals surface area contributed by atoms with Crippen molar-refractivity contribution in [3.63, 3.8) is 0 Å². The topological polar surface area (TPSA) is 277 Å². The van der Waals surface area contributed by atoms with Crippen molar-refractivity contribution in [3.8, 4) is 0 Å². The lowest BCUT2D eigenvalue weighted by molar-refractivity contribution is -0.298. The molecule has 14 atom stereocenters. The van der Waals surface area contributed by atoms with Crippen LogP contribution in [0.2, 0.25) is 0 Å². The standard InChI is InChI=1S/C22H43ClN6O9/c23-14-18(37-21-9(26)2-1-8(6-25)35-21)10(27)5-11(29-20(34)12(31)3-4-24)19(14)38-22-17(33)15(28)16(32)13(7-30)36-22/h8-19,21-22,30-33H,1-7,24-28H2,(H,29,34)/t8?,9?,10-,11+,12-,13?,14?,15-,16-,17?,18?,19-,21+,22+/m0/s1. The lowest BCUT2D eigenvalue weighted by atomic mass is 9.85. The van der Waals surface area contributed by atoms with Crippen molar-refractivity contribution in [1.82, 2.24) is 5.32 Å². The van der Waals surface area contributed by atoms with Gasteiger partial charge < -0.3 is 73.4 Å². The Balaban J connectivity index is 1.82. The van der Waals surface area contributed by atoms with E-state index in [1.54, 1.807) is 0 Å². The summed E-state index contributed by atoms with van der Waals surface area (Å²) in [6.07, 6.45) is -8.39. The van der Waals surface area contributed by atoms with E-state index < -0.39 is 91.3 Å². The summed E-state index contributed by atoms with van der Waals surface area (Å²) in [7, 11) is 0. The first-order chi connectivity index (χ1) is 18.0. The summed E-state index contributed by atoms with van der Waals surface area (Å²) in [6, 6.07) is -3.21. The second-order valence-electron chi connectivity index (χ2n) is 10.1. The first-order valence-electron chi connectivity index (χ1n) is 12.9. The molecule has 0 bridgehead atoms. The highest BCUT2D eigenvalue weighted by molar-refractivity contribution is 6.21. The first-order valence-corrected chi connectivity index (χ1v) is 13.3. The summed E-state index contributed by atoms with van der Waals surface area (Å²) in [5, 5.41) is 42.1. The molecule has 0 aromatic heterocycles. The molecular formula is C22H43ClN6O9. The third-order valence-electron chi connectivity index (χ3n) is 7.32. The van der Waals surface area contributed by atoms with E-state index in [0.717, 1.165) is 0 Å². The van der Waals surface area contributed by atoms with Crippen molar-refractivity contribution < 1.29 is 44.2 Å². The average molecular weight is 571 g/mol. The Kier molecular flexibility index (Phi) is 11.9. The van der Waals surface area contributed by atoms with E-state index in [-0.39, 0.29) is 32.0 Å². The van der Waals surface area contributed by atoms with Gasteiger partial charge in [-0.05, 0) is 32.2 Å². The zero-order chi connectivity index (χ0) is 28.1. The predicted octanol–water partition coefficient (Wildman–Crippen LogP) is -5.15. The van der Waals surface area contributed by atoms with Gasteiger partial charge in [-0.2, -0.15) is 0 Å². The molecule has 2 saturated heterocycles. The first kappa shape index (κ1) is 31.8. The Hall–Kier alpha value is -0.760. The van der Waals surface area contributed by atoms with Gasteiger partial charge in [0, 0.05) is 12.6 Å². The molecule has 3 fully saturated rings. The molecule has 0 radical (unpaired) electrons. The van der Waals surface area contributed by atoms with Gasteiger partial charge in [-0.15, -0.1) is 11.6 Å². The fraction of sp³-hybridized carbons (Fsp3) is 0.955. The molecule has 1 saturated carbocycles. The maximum absolute atomic E-state index is 12.6. The van der Waals surface area contributed by atoms with Crippen molar-refractivity contribution in [2.45, 2.75) is 111 Å². The minimum absolute atomic E-state index is 0.0285. The van der Waals surface area contributed by atoms with Crippen LogP contribution in [0.5, 0.6) is 0 Å². The second-order valence-corrected chi connectivity index (χ2v) is 10.6. The van der Waals surface area contributed by atoms with Crippen LogP contribution in [-0.2, 0) is 23.7 Å². The molecule has 1 amide bonds. The molecule has 0 aromatic carbocycles. The molecule has 15 N–H and O–H groups in total. The Morgan fingerprint density at radius 2 is 1.71 bits per heavy atom. The molecule has 2 aliphatic heterocycles. The maximum Gasteiger partial charge on any atom is 0.249 e. The summed E-state index contributed by atoms with van der Waals surface area (Å²) >= 11 is 6.85. The van der Waals surface area contributed by atoms with Gasteiger partial charge in [-0.3, -0.25) is 4.79 Å². The van der Waals surface area contributed by atoms with Gasteiger partial charge >= 0.3 is 0 Å². The van der Waals surface area contributed by atoms with E-state index in [2.05, 4.69) is 5.32 Å². The highest BCUT2D eigenvalue weighted by Crippen LogP contribution is 2.34. The monoisotopic (exact) mass is 570 g/mol. The molecule has 3 rings (SSSR count). The minimum Gasteiger partial charge on any atom is -0.394 e. The van der Waals surface area contributed by atoms with Crippen LogP contribution in [0.15, 0.2) is 0 Å². The van der Waals surface area contributed by atoms with Gasteiger partial charge in [0.1, 0.15) is 24.4 Å². The number of alkyl halides is 1. The smallest absolute Gasteiger partial charge is 0.249 e. The van der Waals surface area contributed by atoms with Gasteiger partial charge in [0.15, 0.2) is 12.6 Å². The molecule has 2 heterocycles. The molecule has 0 spiro atoms. The number of carbonyl (C=O) groups is 1. The Morgan fingerprint density at radius 3 is 2.34 bits per heavy atom. The van der Waals surface area contributed by atoms with E-state index >= 15 is 0 Å². The Bertz CT molecular complexity index is 760. The fourth-order valence-electron chi connectivity index (χ4n) is 4.98. The number of rotatable bonds is 10. The maximum atomic E-state index is 12.6. The third kappa shape index (κ3) is 7.30. The number of hydrogen-bond acceptors (Lipinski definition) is 14. The SMILES string of the molecule is NCC[C@H](O)C(=O)N[C@@H]1C[C@H](N)C(O[C@H]2OC(CN)CCC2N)C(Cl)[C@H]1O[C@H]1OC(CO)[C@H](O)[C@H](N)C1O. The van der Waals surface area contributed by atoms with Gasteiger partial charge in [-0.25, -0.2) is 0 Å². The largest absolute Gasteiger partial charge is 0.394 e. The molecule has 1 aliphatic carbocycles. The van der Waals surface area contributed by atoms with E-state index in [0.29, 0.717) is 12.8 Å².